The van der Waals surface area contributed by atoms with Crippen LogP contribution in [0.3, 0.4) is 0 Å². The zero-order valence-corrected chi connectivity index (χ0v) is 15.6. The van der Waals surface area contributed by atoms with E-state index in [-0.39, 0.29) is 0 Å². The molecular formula is C22H19N3S. The quantitative estimate of drug-likeness (QED) is 0.347. The van der Waals surface area contributed by atoms with E-state index in [1.54, 1.807) is 11.3 Å². The fraction of sp³-hybridized carbons (Fsp3) is 0.0909. The maximum absolute atomic E-state index is 4.92. The van der Waals surface area contributed by atoms with Crippen LogP contribution in [-0.4, -0.2) is 10.4 Å². The summed E-state index contributed by atoms with van der Waals surface area (Å²) < 4.78 is 3.34. The first-order valence-electron chi connectivity index (χ1n) is 8.51. The molecule has 3 nitrogen and oxygen atoms in total. The second-order valence-corrected chi connectivity index (χ2v) is 7.17. The number of aliphatic imine (C=N–C) groups is 1. The number of hydrogen-bond acceptors (Lipinski definition) is 2. The third kappa shape index (κ3) is 3.37. The lowest BCUT2D eigenvalue weighted by Crippen LogP contribution is -2.13. The second kappa shape index (κ2) is 7.10. The van der Waals surface area contributed by atoms with Crippen LogP contribution in [0.25, 0.3) is 10.2 Å². The predicted octanol–water partition coefficient (Wildman–Crippen LogP) is 5.23. The highest BCUT2D eigenvalue weighted by Gasteiger charge is 2.06. The summed E-state index contributed by atoms with van der Waals surface area (Å²) in [6.07, 6.45) is 0. The SMILES string of the molecule is Cc1ccc(C(=Nc2ccccc2)N=c2sc3ccccc3n2C)cc1. The first-order valence-corrected chi connectivity index (χ1v) is 9.32. The lowest BCUT2D eigenvalue weighted by Gasteiger charge is -2.03. The first-order chi connectivity index (χ1) is 12.7. The van der Waals surface area contributed by atoms with Crippen LogP contribution in [0, 0.1) is 6.92 Å². The minimum atomic E-state index is 0.721. The van der Waals surface area contributed by atoms with Gasteiger partial charge in [-0.05, 0) is 31.2 Å². The van der Waals surface area contributed by atoms with E-state index in [0.717, 1.165) is 21.9 Å². The largest absolute Gasteiger partial charge is 0.319 e. The van der Waals surface area contributed by atoms with Gasteiger partial charge in [0.05, 0.1) is 15.9 Å². The average molecular weight is 357 g/mol. The molecule has 4 heteroatoms. The summed E-state index contributed by atoms with van der Waals surface area (Å²) >= 11 is 1.68. The molecule has 0 radical (unpaired) electrons. The van der Waals surface area contributed by atoms with E-state index in [1.807, 2.05) is 37.4 Å². The van der Waals surface area contributed by atoms with Gasteiger partial charge in [0.2, 0.25) is 0 Å². The molecule has 0 saturated carbocycles. The molecule has 1 heterocycles. The van der Waals surface area contributed by atoms with Crippen LogP contribution in [0.2, 0.25) is 0 Å². The number of benzene rings is 3. The smallest absolute Gasteiger partial charge is 0.192 e. The van der Waals surface area contributed by atoms with E-state index in [1.165, 1.54) is 15.8 Å². The van der Waals surface area contributed by atoms with E-state index >= 15 is 0 Å². The van der Waals surface area contributed by atoms with Crippen molar-refractivity contribution in [1.82, 2.24) is 4.57 Å². The standard InChI is InChI=1S/C22H19N3S/c1-16-12-14-17(15-13-16)21(23-18-8-4-3-5-9-18)24-22-25(2)19-10-6-7-11-20(19)26-22/h3-15H,1-2H3. The van der Waals surface area contributed by atoms with Crippen molar-refractivity contribution in [3.8, 4) is 0 Å². The molecule has 0 amide bonds. The highest BCUT2D eigenvalue weighted by molar-refractivity contribution is 7.16. The highest BCUT2D eigenvalue weighted by Crippen LogP contribution is 2.17. The molecule has 0 bridgehead atoms. The Hall–Kier alpha value is -2.98. The zero-order chi connectivity index (χ0) is 17.9. The Kier molecular flexibility index (Phi) is 4.50. The van der Waals surface area contributed by atoms with Crippen molar-refractivity contribution in [2.45, 2.75) is 6.92 Å². The number of thiazole rings is 1. The predicted molar refractivity (Wildman–Crippen MR) is 110 cm³/mol. The molecule has 0 aliphatic carbocycles. The summed E-state index contributed by atoms with van der Waals surface area (Å²) in [4.78, 5) is 10.7. The molecule has 0 atom stereocenters. The van der Waals surface area contributed by atoms with Crippen molar-refractivity contribution in [2.24, 2.45) is 17.0 Å². The van der Waals surface area contributed by atoms with Gasteiger partial charge in [0, 0.05) is 12.6 Å². The van der Waals surface area contributed by atoms with E-state index in [0.29, 0.717) is 0 Å². The highest BCUT2D eigenvalue weighted by atomic mass is 32.1. The number of rotatable bonds is 2. The molecule has 0 aliphatic rings. The molecule has 0 fully saturated rings. The Balaban J connectivity index is 1.91. The van der Waals surface area contributed by atoms with Gasteiger partial charge in [-0.3, -0.25) is 0 Å². The topological polar surface area (TPSA) is 29.6 Å². The van der Waals surface area contributed by atoms with Crippen molar-refractivity contribution in [1.29, 1.82) is 0 Å². The molecular weight excluding hydrogens is 338 g/mol. The van der Waals surface area contributed by atoms with Crippen LogP contribution >= 0.6 is 11.3 Å². The maximum Gasteiger partial charge on any atom is 0.192 e. The molecule has 0 aliphatic heterocycles. The maximum atomic E-state index is 4.92. The van der Waals surface area contributed by atoms with Gasteiger partial charge >= 0.3 is 0 Å². The molecule has 0 saturated heterocycles. The number of amidine groups is 1. The van der Waals surface area contributed by atoms with Crippen LogP contribution in [-0.2, 0) is 7.05 Å². The number of aromatic nitrogens is 1. The molecule has 3 aromatic carbocycles. The number of para-hydroxylation sites is 2. The second-order valence-electron chi connectivity index (χ2n) is 6.16. The summed E-state index contributed by atoms with van der Waals surface area (Å²) in [5.74, 6) is 0.721. The van der Waals surface area contributed by atoms with Gasteiger partial charge in [-0.25, -0.2) is 9.98 Å². The third-order valence-electron chi connectivity index (χ3n) is 4.22. The lowest BCUT2D eigenvalue weighted by atomic mass is 10.1. The van der Waals surface area contributed by atoms with Gasteiger partial charge in [0.15, 0.2) is 10.6 Å². The normalized spacial score (nSPS) is 12.7. The minimum absolute atomic E-state index is 0.721. The Bertz CT molecular complexity index is 1130. The van der Waals surface area contributed by atoms with Crippen LogP contribution < -0.4 is 4.80 Å². The Morgan fingerprint density at radius 1 is 0.846 bits per heavy atom. The molecule has 128 valence electrons. The summed E-state index contributed by atoms with van der Waals surface area (Å²) in [7, 11) is 2.05. The lowest BCUT2D eigenvalue weighted by molar-refractivity contribution is 0.916. The summed E-state index contributed by atoms with van der Waals surface area (Å²) in [5.41, 5.74) is 4.31. The number of fused-ring (bicyclic) bond motifs is 1. The Morgan fingerprint density at radius 2 is 1.54 bits per heavy atom. The number of hydrogen-bond donors (Lipinski definition) is 0. The van der Waals surface area contributed by atoms with Crippen molar-refractivity contribution >= 4 is 33.1 Å². The molecule has 26 heavy (non-hydrogen) atoms. The fourth-order valence-electron chi connectivity index (χ4n) is 2.76. The summed E-state index contributed by atoms with van der Waals surface area (Å²) in [6, 6.07) is 26.7. The third-order valence-corrected chi connectivity index (χ3v) is 5.33. The van der Waals surface area contributed by atoms with Crippen molar-refractivity contribution < 1.29 is 0 Å². The minimum Gasteiger partial charge on any atom is -0.319 e. The van der Waals surface area contributed by atoms with Gasteiger partial charge in [-0.2, -0.15) is 0 Å². The monoisotopic (exact) mass is 357 g/mol. The number of aryl methyl sites for hydroxylation is 2. The van der Waals surface area contributed by atoms with Crippen LogP contribution in [0.1, 0.15) is 11.1 Å². The van der Waals surface area contributed by atoms with E-state index in [2.05, 4.69) is 60.0 Å². The molecule has 0 unspecified atom stereocenters. The van der Waals surface area contributed by atoms with Crippen LogP contribution in [0.15, 0.2) is 88.8 Å². The van der Waals surface area contributed by atoms with Crippen molar-refractivity contribution in [2.75, 3.05) is 0 Å². The fourth-order valence-corrected chi connectivity index (χ4v) is 3.78. The van der Waals surface area contributed by atoms with Gasteiger partial charge in [-0.1, -0.05) is 71.5 Å². The zero-order valence-electron chi connectivity index (χ0n) is 14.8. The van der Waals surface area contributed by atoms with E-state index in [9.17, 15) is 0 Å². The molecule has 0 spiro atoms. The average Bonchev–Trinajstić information content (AvgIpc) is 2.99. The Morgan fingerprint density at radius 3 is 2.27 bits per heavy atom. The first kappa shape index (κ1) is 16.5. The molecule has 4 aromatic rings. The van der Waals surface area contributed by atoms with Gasteiger partial charge in [0.25, 0.3) is 0 Å². The summed E-state index contributed by atoms with van der Waals surface area (Å²) in [5, 5.41) is 0. The molecule has 0 N–H and O–H groups in total. The summed E-state index contributed by atoms with van der Waals surface area (Å²) in [6.45, 7) is 2.08. The Labute approximate surface area is 156 Å². The van der Waals surface area contributed by atoms with Gasteiger partial charge < -0.3 is 4.57 Å². The van der Waals surface area contributed by atoms with E-state index in [4.69, 9.17) is 9.98 Å². The van der Waals surface area contributed by atoms with Gasteiger partial charge in [-0.15, -0.1) is 0 Å². The van der Waals surface area contributed by atoms with E-state index < -0.39 is 0 Å². The molecule has 1 aromatic heterocycles. The van der Waals surface area contributed by atoms with Crippen LogP contribution in [0.4, 0.5) is 5.69 Å². The van der Waals surface area contributed by atoms with Crippen molar-refractivity contribution in [3.05, 3.63) is 94.8 Å². The number of nitrogens with zero attached hydrogens (tertiary/aromatic N) is 3. The van der Waals surface area contributed by atoms with Crippen LogP contribution in [0.5, 0.6) is 0 Å². The van der Waals surface area contributed by atoms with Gasteiger partial charge in [0.1, 0.15) is 0 Å². The van der Waals surface area contributed by atoms with Crippen molar-refractivity contribution in [3.63, 3.8) is 0 Å². The molecule has 4 rings (SSSR count).